The molecule has 2 amide bonds. The molecule has 106 valence electrons. The largest absolute Gasteiger partial charge is 0.282 e. The van der Waals surface area contributed by atoms with E-state index < -0.39 is 16.7 Å². The van der Waals surface area contributed by atoms with Crippen molar-refractivity contribution in [3.05, 3.63) is 52.1 Å². The Balaban J connectivity index is 1.90. The first kappa shape index (κ1) is 12.9. The van der Waals surface area contributed by atoms with Gasteiger partial charge < -0.3 is 0 Å². The van der Waals surface area contributed by atoms with Crippen molar-refractivity contribution in [2.45, 2.75) is 6.54 Å². The molecule has 0 radical (unpaired) electrons. The molecule has 2 aromatic rings. The van der Waals surface area contributed by atoms with Crippen LogP contribution in [0.15, 0.2) is 30.9 Å². The summed E-state index contributed by atoms with van der Waals surface area (Å²) in [5.74, 6) is -1.18. The van der Waals surface area contributed by atoms with E-state index in [0.29, 0.717) is 0 Å². The number of rotatable bonds is 4. The first-order valence-corrected chi connectivity index (χ1v) is 6.05. The van der Waals surface area contributed by atoms with E-state index in [2.05, 4.69) is 10.1 Å². The molecule has 1 aromatic heterocycles. The van der Waals surface area contributed by atoms with Crippen LogP contribution in [0.25, 0.3) is 0 Å². The van der Waals surface area contributed by atoms with Crippen LogP contribution in [0.2, 0.25) is 0 Å². The molecule has 21 heavy (non-hydrogen) atoms. The van der Waals surface area contributed by atoms with Gasteiger partial charge in [-0.15, -0.1) is 0 Å². The average molecular weight is 287 g/mol. The molecule has 0 fully saturated rings. The second-order valence-electron chi connectivity index (χ2n) is 4.38. The molecule has 0 saturated carbocycles. The summed E-state index contributed by atoms with van der Waals surface area (Å²) < 4.78 is 1.47. The van der Waals surface area contributed by atoms with E-state index in [9.17, 15) is 19.7 Å². The Hall–Kier alpha value is -3.10. The van der Waals surface area contributed by atoms with Crippen molar-refractivity contribution in [2.75, 3.05) is 6.54 Å². The zero-order chi connectivity index (χ0) is 15.0. The summed E-state index contributed by atoms with van der Waals surface area (Å²) in [6.45, 7) is 0.353. The minimum Gasteiger partial charge on any atom is -0.272 e. The Morgan fingerprint density at radius 1 is 1.19 bits per heavy atom. The number of nitro groups is 1. The number of amides is 2. The SMILES string of the molecule is O=C1c2cccc([N+](=O)[O-])c2C(=O)N1CCn1cncn1. The van der Waals surface area contributed by atoms with Gasteiger partial charge in [-0.05, 0) is 6.07 Å². The molecule has 0 unspecified atom stereocenters. The number of hydrogen-bond acceptors (Lipinski definition) is 6. The summed E-state index contributed by atoms with van der Waals surface area (Å²) >= 11 is 0. The summed E-state index contributed by atoms with van der Waals surface area (Å²) in [5, 5.41) is 14.8. The predicted octanol–water partition coefficient (Wildman–Crippen LogP) is 0.482. The highest BCUT2D eigenvalue weighted by atomic mass is 16.6. The molecule has 0 aliphatic carbocycles. The van der Waals surface area contributed by atoms with Gasteiger partial charge in [0.1, 0.15) is 18.2 Å². The summed E-state index contributed by atoms with van der Waals surface area (Å²) in [5.41, 5.74) is -0.437. The van der Waals surface area contributed by atoms with E-state index in [1.807, 2.05) is 0 Å². The van der Waals surface area contributed by atoms with Crippen molar-refractivity contribution < 1.29 is 14.5 Å². The summed E-state index contributed by atoms with van der Waals surface area (Å²) in [6.07, 6.45) is 2.80. The quantitative estimate of drug-likeness (QED) is 0.459. The van der Waals surface area contributed by atoms with Gasteiger partial charge in [0.05, 0.1) is 17.0 Å². The number of benzene rings is 1. The smallest absolute Gasteiger partial charge is 0.272 e. The number of nitrogens with zero attached hydrogens (tertiary/aromatic N) is 5. The average Bonchev–Trinajstić information content (AvgIpc) is 3.06. The van der Waals surface area contributed by atoms with Gasteiger partial charge in [-0.2, -0.15) is 5.10 Å². The lowest BCUT2D eigenvalue weighted by atomic mass is 10.1. The molecular formula is C12H9N5O4. The normalized spacial score (nSPS) is 13.6. The van der Waals surface area contributed by atoms with Gasteiger partial charge in [-0.1, -0.05) is 6.07 Å². The van der Waals surface area contributed by atoms with E-state index in [4.69, 9.17) is 0 Å². The van der Waals surface area contributed by atoms with Gasteiger partial charge in [0.15, 0.2) is 0 Å². The van der Waals surface area contributed by atoms with Crippen molar-refractivity contribution >= 4 is 17.5 Å². The lowest BCUT2D eigenvalue weighted by Crippen LogP contribution is -2.33. The Kier molecular flexibility index (Phi) is 2.94. The van der Waals surface area contributed by atoms with Crippen LogP contribution < -0.4 is 0 Å². The Morgan fingerprint density at radius 2 is 2.00 bits per heavy atom. The van der Waals surface area contributed by atoms with Gasteiger partial charge in [-0.25, -0.2) is 4.98 Å². The fourth-order valence-electron chi connectivity index (χ4n) is 2.22. The summed E-state index contributed by atoms with van der Waals surface area (Å²) in [4.78, 5) is 39.5. The molecule has 1 aromatic carbocycles. The van der Waals surface area contributed by atoms with Crippen molar-refractivity contribution in [3.8, 4) is 0 Å². The van der Waals surface area contributed by atoms with E-state index in [1.165, 1.54) is 35.5 Å². The third-order valence-electron chi connectivity index (χ3n) is 3.19. The fraction of sp³-hybridized carbons (Fsp3) is 0.167. The van der Waals surface area contributed by atoms with Crippen molar-refractivity contribution in [3.63, 3.8) is 0 Å². The maximum atomic E-state index is 12.2. The zero-order valence-corrected chi connectivity index (χ0v) is 10.7. The van der Waals surface area contributed by atoms with Crippen LogP contribution in [-0.4, -0.2) is 42.9 Å². The van der Waals surface area contributed by atoms with Gasteiger partial charge in [-0.3, -0.25) is 29.3 Å². The van der Waals surface area contributed by atoms with E-state index in [0.717, 1.165) is 4.90 Å². The van der Waals surface area contributed by atoms with E-state index in [-0.39, 0.29) is 29.9 Å². The highest BCUT2D eigenvalue weighted by Crippen LogP contribution is 2.30. The van der Waals surface area contributed by atoms with Crippen LogP contribution in [0.5, 0.6) is 0 Å². The second kappa shape index (κ2) is 4.78. The number of imide groups is 1. The van der Waals surface area contributed by atoms with Gasteiger partial charge in [0, 0.05) is 12.6 Å². The van der Waals surface area contributed by atoms with Gasteiger partial charge in [0.2, 0.25) is 0 Å². The van der Waals surface area contributed by atoms with Gasteiger partial charge in [0.25, 0.3) is 17.5 Å². The molecule has 0 spiro atoms. The highest BCUT2D eigenvalue weighted by Gasteiger charge is 2.40. The number of nitro benzene ring substituents is 1. The standard InChI is InChI=1S/C12H9N5O4/c18-11-8-2-1-3-9(17(20)21)10(8)12(19)16(11)5-4-15-7-13-6-14-15/h1-3,6-7H,4-5H2. The Morgan fingerprint density at radius 3 is 2.67 bits per heavy atom. The summed E-state index contributed by atoms with van der Waals surface area (Å²) in [7, 11) is 0. The van der Waals surface area contributed by atoms with E-state index in [1.54, 1.807) is 0 Å². The molecule has 2 heterocycles. The lowest BCUT2D eigenvalue weighted by Gasteiger charge is -2.12. The van der Waals surface area contributed by atoms with Crippen LogP contribution in [-0.2, 0) is 6.54 Å². The van der Waals surface area contributed by atoms with Crippen LogP contribution in [0, 0.1) is 10.1 Å². The molecule has 0 bridgehead atoms. The van der Waals surface area contributed by atoms with Gasteiger partial charge >= 0.3 is 0 Å². The van der Waals surface area contributed by atoms with Crippen LogP contribution in [0.4, 0.5) is 5.69 Å². The molecule has 1 aliphatic heterocycles. The Bertz CT molecular complexity index is 740. The first-order valence-electron chi connectivity index (χ1n) is 6.05. The van der Waals surface area contributed by atoms with E-state index >= 15 is 0 Å². The molecule has 9 heteroatoms. The number of carbonyl (C=O) groups is 2. The Labute approximate surface area is 118 Å². The van der Waals surface area contributed by atoms with Crippen molar-refractivity contribution in [1.29, 1.82) is 0 Å². The van der Waals surface area contributed by atoms with Crippen molar-refractivity contribution in [1.82, 2.24) is 19.7 Å². The minimum absolute atomic E-state index is 0.0628. The number of hydrogen-bond donors (Lipinski definition) is 0. The monoisotopic (exact) mass is 287 g/mol. The predicted molar refractivity (Wildman–Crippen MR) is 68.5 cm³/mol. The minimum atomic E-state index is -0.662. The molecule has 9 nitrogen and oxygen atoms in total. The molecule has 0 atom stereocenters. The topological polar surface area (TPSA) is 111 Å². The van der Waals surface area contributed by atoms with Crippen LogP contribution >= 0.6 is 0 Å². The van der Waals surface area contributed by atoms with Crippen LogP contribution in [0.1, 0.15) is 20.7 Å². The molecular weight excluding hydrogens is 278 g/mol. The number of aromatic nitrogens is 3. The third kappa shape index (κ3) is 2.04. The number of fused-ring (bicyclic) bond motifs is 1. The maximum Gasteiger partial charge on any atom is 0.282 e. The lowest BCUT2D eigenvalue weighted by molar-refractivity contribution is -0.385. The number of carbonyl (C=O) groups excluding carboxylic acids is 2. The third-order valence-corrected chi connectivity index (χ3v) is 3.19. The first-order chi connectivity index (χ1) is 10.1. The summed E-state index contributed by atoms with van der Waals surface area (Å²) in [6, 6.07) is 4.02. The molecule has 0 N–H and O–H groups in total. The molecule has 0 saturated heterocycles. The molecule has 1 aliphatic rings. The maximum absolute atomic E-state index is 12.2. The highest BCUT2D eigenvalue weighted by molar-refractivity contribution is 6.23. The van der Waals surface area contributed by atoms with Crippen LogP contribution in [0.3, 0.4) is 0 Å². The zero-order valence-electron chi connectivity index (χ0n) is 10.7. The van der Waals surface area contributed by atoms with Crippen molar-refractivity contribution in [2.24, 2.45) is 0 Å². The molecule has 3 rings (SSSR count). The fourth-order valence-corrected chi connectivity index (χ4v) is 2.22. The second-order valence-corrected chi connectivity index (χ2v) is 4.38.